The van der Waals surface area contributed by atoms with Gasteiger partial charge in [-0.1, -0.05) is 0 Å². The van der Waals surface area contributed by atoms with Crippen LogP contribution in [0.3, 0.4) is 0 Å². The number of anilines is 1. The van der Waals surface area contributed by atoms with Crippen LogP contribution in [0.5, 0.6) is 0 Å². The SMILES string of the molecule is Cc1ccnc(NC(=O)C[C@H]2CSCCS2)n1. The van der Waals surface area contributed by atoms with Gasteiger partial charge in [-0.3, -0.25) is 10.1 Å². The molecule has 4 nitrogen and oxygen atoms in total. The average molecular weight is 269 g/mol. The highest BCUT2D eigenvalue weighted by Crippen LogP contribution is 2.26. The van der Waals surface area contributed by atoms with Gasteiger partial charge in [0.25, 0.3) is 0 Å². The Morgan fingerprint density at radius 3 is 3.18 bits per heavy atom. The highest BCUT2D eigenvalue weighted by Gasteiger charge is 2.18. The number of hydrogen-bond acceptors (Lipinski definition) is 5. The predicted octanol–water partition coefficient (Wildman–Crippen LogP) is 1.96. The molecule has 1 aromatic rings. The molecular weight excluding hydrogens is 254 g/mol. The fourth-order valence-electron chi connectivity index (χ4n) is 1.55. The number of aromatic nitrogens is 2. The van der Waals surface area contributed by atoms with E-state index in [1.807, 2.05) is 36.5 Å². The molecule has 0 saturated carbocycles. The minimum Gasteiger partial charge on any atom is -0.294 e. The number of amides is 1. The van der Waals surface area contributed by atoms with Crippen molar-refractivity contribution in [2.45, 2.75) is 18.6 Å². The summed E-state index contributed by atoms with van der Waals surface area (Å²) < 4.78 is 0. The quantitative estimate of drug-likeness (QED) is 0.909. The highest BCUT2D eigenvalue weighted by atomic mass is 32.2. The number of carbonyl (C=O) groups is 1. The zero-order chi connectivity index (χ0) is 12.1. The Bertz CT molecular complexity index is 394. The van der Waals surface area contributed by atoms with Crippen molar-refractivity contribution in [2.24, 2.45) is 0 Å². The topological polar surface area (TPSA) is 54.9 Å². The Kier molecular flexibility index (Phi) is 4.67. The second kappa shape index (κ2) is 6.26. The molecule has 0 spiro atoms. The Morgan fingerprint density at radius 1 is 1.59 bits per heavy atom. The van der Waals surface area contributed by atoms with Crippen LogP contribution in [-0.4, -0.2) is 38.4 Å². The Hall–Kier alpha value is -0.750. The van der Waals surface area contributed by atoms with Crippen LogP contribution in [-0.2, 0) is 4.79 Å². The summed E-state index contributed by atoms with van der Waals surface area (Å²) >= 11 is 3.80. The van der Waals surface area contributed by atoms with Crippen LogP contribution in [0, 0.1) is 6.92 Å². The molecule has 1 saturated heterocycles. The largest absolute Gasteiger partial charge is 0.294 e. The lowest BCUT2D eigenvalue weighted by molar-refractivity contribution is -0.116. The Labute approximate surface area is 109 Å². The first-order valence-electron chi connectivity index (χ1n) is 5.53. The molecule has 0 aromatic carbocycles. The maximum Gasteiger partial charge on any atom is 0.229 e. The van der Waals surface area contributed by atoms with Crippen molar-refractivity contribution in [3.05, 3.63) is 18.0 Å². The van der Waals surface area contributed by atoms with E-state index in [0.29, 0.717) is 17.6 Å². The van der Waals surface area contributed by atoms with Gasteiger partial charge in [0, 0.05) is 40.8 Å². The van der Waals surface area contributed by atoms with E-state index < -0.39 is 0 Å². The number of nitrogens with zero attached hydrogens (tertiary/aromatic N) is 2. The number of nitrogens with one attached hydrogen (secondary N) is 1. The Balaban J connectivity index is 1.84. The third-order valence-electron chi connectivity index (χ3n) is 2.34. The van der Waals surface area contributed by atoms with Gasteiger partial charge in [0.15, 0.2) is 0 Å². The van der Waals surface area contributed by atoms with E-state index in [0.717, 1.165) is 17.2 Å². The van der Waals surface area contributed by atoms with Crippen molar-refractivity contribution in [2.75, 3.05) is 22.6 Å². The lowest BCUT2D eigenvalue weighted by Gasteiger charge is -2.19. The number of thioether (sulfide) groups is 2. The lowest BCUT2D eigenvalue weighted by atomic mass is 10.3. The standard InChI is InChI=1S/C11H15N3OS2/c1-8-2-3-12-11(13-8)14-10(15)6-9-7-16-4-5-17-9/h2-3,9H,4-7H2,1H3,(H,12,13,14,15)/t9-/m0/s1. The smallest absolute Gasteiger partial charge is 0.229 e. The molecule has 6 heteroatoms. The van der Waals surface area contributed by atoms with E-state index in [1.54, 1.807) is 6.20 Å². The molecule has 17 heavy (non-hydrogen) atoms. The molecule has 1 fully saturated rings. The van der Waals surface area contributed by atoms with Crippen molar-refractivity contribution in [3.8, 4) is 0 Å². The summed E-state index contributed by atoms with van der Waals surface area (Å²) in [5.74, 6) is 3.82. The monoisotopic (exact) mass is 269 g/mol. The molecule has 2 heterocycles. The van der Waals surface area contributed by atoms with E-state index in [9.17, 15) is 4.79 Å². The van der Waals surface area contributed by atoms with Crippen molar-refractivity contribution < 1.29 is 4.79 Å². The fourth-order valence-corrected chi connectivity index (χ4v) is 4.23. The maximum absolute atomic E-state index is 11.8. The number of carbonyl (C=O) groups excluding carboxylic acids is 1. The van der Waals surface area contributed by atoms with E-state index in [2.05, 4.69) is 15.3 Å². The second-order valence-electron chi connectivity index (χ2n) is 3.84. The van der Waals surface area contributed by atoms with Crippen molar-refractivity contribution in [1.29, 1.82) is 0 Å². The molecule has 0 aliphatic carbocycles. The molecular formula is C11H15N3OS2. The minimum absolute atomic E-state index is 0.00981. The molecule has 0 bridgehead atoms. The third kappa shape index (κ3) is 4.20. The highest BCUT2D eigenvalue weighted by molar-refractivity contribution is 8.06. The number of rotatable bonds is 3. The molecule has 1 atom stereocenters. The molecule has 1 N–H and O–H groups in total. The summed E-state index contributed by atoms with van der Waals surface area (Å²) in [6, 6.07) is 1.81. The normalized spacial score (nSPS) is 19.9. The summed E-state index contributed by atoms with van der Waals surface area (Å²) in [5, 5.41) is 3.18. The molecule has 1 aliphatic rings. The van der Waals surface area contributed by atoms with Gasteiger partial charge in [-0.15, -0.1) is 0 Å². The number of hydrogen-bond donors (Lipinski definition) is 1. The van der Waals surface area contributed by atoms with Crippen LogP contribution < -0.4 is 5.32 Å². The lowest BCUT2D eigenvalue weighted by Crippen LogP contribution is -2.23. The van der Waals surface area contributed by atoms with Crippen LogP contribution in [0.2, 0.25) is 0 Å². The summed E-state index contributed by atoms with van der Waals surface area (Å²) in [7, 11) is 0. The first-order chi connectivity index (χ1) is 8.24. The molecule has 1 aromatic heterocycles. The molecule has 1 amide bonds. The van der Waals surface area contributed by atoms with Gasteiger partial charge in [-0.2, -0.15) is 23.5 Å². The van der Waals surface area contributed by atoms with Crippen LogP contribution in [0.1, 0.15) is 12.1 Å². The van der Waals surface area contributed by atoms with Crippen LogP contribution in [0.4, 0.5) is 5.95 Å². The van der Waals surface area contributed by atoms with Gasteiger partial charge in [0.05, 0.1) is 0 Å². The van der Waals surface area contributed by atoms with Gasteiger partial charge in [0.1, 0.15) is 0 Å². The summed E-state index contributed by atoms with van der Waals surface area (Å²) in [5.41, 5.74) is 0.859. The maximum atomic E-state index is 11.8. The van der Waals surface area contributed by atoms with E-state index in [1.165, 1.54) is 5.75 Å². The van der Waals surface area contributed by atoms with E-state index in [-0.39, 0.29) is 5.91 Å². The minimum atomic E-state index is 0.00981. The summed E-state index contributed by atoms with van der Waals surface area (Å²) in [6.07, 6.45) is 2.21. The van der Waals surface area contributed by atoms with E-state index in [4.69, 9.17) is 0 Å². The zero-order valence-corrected chi connectivity index (χ0v) is 11.3. The van der Waals surface area contributed by atoms with Gasteiger partial charge in [0.2, 0.25) is 11.9 Å². The van der Waals surface area contributed by atoms with Crippen LogP contribution >= 0.6 is 23.5 Å². The first-order valence-corrected chi connectivity index (χ1v) is 7.73. The zero-order valence-electron chi connectivity index (χ0n) is 9.68. The predicted molar refractivity (Wildman–Crippen MR) is 73.6 cm³/mol. The summed E-state index contributed by atoms with van der Waals surface area (Å²) in [6.45, 7) is 1.88. The molecule has 0 radical (unpaired) electrons. The Morgan fingerprint density at radius 2 is 2.47 bits per heavy atom. The number of aryl methyl sites for hydroxylation is 1. The second-order valence-corrected chi connectivity index (χ2v) is 6.40. The van der Waals surface area contributed by atoms with E-state index >= 15 is 0 Å². The van der Waals surface area contributed by atoms with Crippen LogP contribution in [0.15, 0.2) is 12.3 Å². The van der Waals surface area contributed by atoms with Gasteiger partial charge >= 0.3 is 0 Å². The summed E-state index contributed by atoms with van der Waals surface area (Å²) in [4.78, 5) is 19.9. The third-order valence-corrected chi connectivity index (χ3v) is 5.19. The molecule has 92 valence electrons. The van der Waals surface area contributed by atoms with Crippen molar-refractivity contribution in [3.63, 3.8) is 0 Å². The van der Waals surface area contributed by atoms with Crippen LogP contribution in [0.25, 0.3) is 0 Å². The molecule has 0 unspecified atom stereocenters. The van der Waals surface area contributed by atoms with Gasteiger partial charge in [-0.25, -0.2) is 9.97 Å². The van der Waals surface area contributed by atoms with Gasteiger partial charge in [-0.05, 0) is 13.0 Å². The van der Waals surface area contributed by atoms with Crippen molar-refractivity contribution >= 4 is 35.4 Å². The average Bonchev–Trinajstić information content (AvgIpc) is 2.30. The van der Waals surface area contributed by atoms with Gasteiger partial charge < -0.3 is 0 Å². The molecule has 2 rings (SSSR count). The first kappa shape index (κ1) is 12.7. The van der Waals surface area contributed by atoms with Crippen molar-refractivity contribution in [1.82, 2.24) is 9.97 Å². The fraction of sp³-hybridized carbons (Fsp3) is 0.545. The molecule has 1 aliphatic heterocycles.